The molecule has 0 aliphatic carbocycles. The maximum absolute atomic E-state index is 3.22. The Labute approximate surface area is 138 Å². The Morgan fingerprint density at radius 1 is 0.619 bits per heavy atom. The van der Waals surface area contributed by atoms with Crippen LogP contribution in [0.2, 0.25) is 0 Å². The third-order valence-electron chi connectivity index (χ3n) is 5.24. The summed E-state index contributed by atoms with van der Waals surface area (Å²) < 4.78 is 0. The van der Waals surface area contributed by atoms with Gasteiger partial charge in [0.05, 0.1) is 0 Å². The van der Waals surface area contributed by atoms with Crippen LogP contribution in [-0.4, -0.2) is 5.66 Å². The highest BCUT2D eigenvalue weighted by Gasteiger charge is 2.23. The van der Waals surface area contributed by atoms with Gasteiger partial charge in [0.15, 0.2) is 0 Å². The summed E-state index contributed by atoms with van der Waals surface area (Å²) in [5.41, 5.74) is 0.859. The lowest BCUT2D eigenvalue weighted by Gasteiger charge is -2.31. The molecule has 0 saturated heterocycles. The number of unbranched alkanes of at least 4 members (excludes halogenated alkanes) is 7. The minimum absolute atomic E-state index is 0.859. The lowest BCUT2D eigenvalue weighted by Crippen LogP contribution is -2.23. The van der Waals surface area contributed by atoms with E-state index in [1.807, 2.05) is 0 Å². The third kappa shape index (κ3) is 10.7. The fourth-order valence-electron chi connectivity index (χ4n) is 3.70. The van der Waals surface area contributed by atoms with Gasteiger partial charge in [0.1, 0.15) is 0 Å². The van der Waals surface area contributed by atoms with E-state index in [4.69, 9.17) is 0 Å². The average molecular weight is 315 g/mol. The molecule has 128 valence electrons. The first-order chi connectivity index (χ1) is 10.2. The summed E-state index contributed by atoms with van der Waals surface area (Å²) >= 11 is 0. The fraction of sp³-hybridized carbons (Fsp3) is 1.00. The molecule has 0 aliphatic rings. The van der Waals surface area contributed by atoms with Crippen LogP contribution in [0.3, 0.4) is 0 Å². The van der Waals surface area contributed by atoms with Crippen LogP contribution >= 0.6 is 9.24 Å². The van der Waals surface area contributed by atoms with Gasteiger partial charge in [0, 0.05) is 0 Å². The zero-order valence-electron chi connectivity index (χ0n) is 15.5. The summed E-state index contributed by atoms with van der Waals surface area (Å²) in [5, 5.41) is 0. The van der Waals surface area contributed by atoms with Crippen LogP contribution in [0.15, 0.2) is 0 Å². The zero-order valence-corrected chi connectivity index (χ0v) is 16.7. The van der Waals surface area contributed by atoms with E-state index in [0.29, 0.717) is 0 Å². The largest absolute Gasteiger partial charge is 0.134 e. The second-order valence-electron chi connectivity index (χ2n) is 6.96. The molecule has 3 unspecified atom stereocenters. The minimum Gasteiger partial charge on any atom is -0.134 e. The first-order valence-corrected chi connectivity index (χ1v) is 10.6. The van der Waals surface area contributed by atoms with E-state index >= 15 is 0 Å². The standard InChI is InChI=1S/C20H43P/c1-5-9-11-13-15-17-20(21)19(18(7-3)8-4)16-14-12-10-6-2/h18-20H,5-17,21H2,1-4H3. The summed E-state index contributed by atoms with van der Waals surface area (Å²) in [4.78, 5) is 0. The van der Waals surface area contributed by atoms with Crippen molar-refractivity contribution < 1.29 is 0 Å². The highest BCUT2D eigenvalue weighted by molar-refractivity contribution is 7.17. The van der Waals surface area contributed by atoms with Gasteiger partial charge in [-0.2, -0.15) is 0 Å². The monoisotopic (exact) mass is 314 g/mol. The van der Waals surface area contributed by atoms with Gasteiger partial charge in [0.25, 0.3) is 0 Å². The van der Waals surface area contributed by atoms with Gasteiger partial charge in [-0.05, 0) is 30.3 Å². The van der Waals surface area contributed by atoms with E-state index in [1.165, 1.54) is 83.5 Å². The topological polar surface area (TPSA) is 0 Å². The minimum atomic E-state index is 0.859. The van der Waals surface area contributed by atoms with Crippen molar-refractivity contribution in [2.24, 2.45) is 11.8 Å². The molecular weight excluding hydrogens is 271 g/mol. The molecular formula is C20H43P. The zero-order chi connectivity index (χ0) is 15.9. The Hall–Kier alpha value is 0.430. The predicted octanol–water partition coefficient (Wildman–Crippen LogP) is 7.61. The fourth-order valence-corrected chi connectivity index (χ4v) is 4.44. The van der Waals surface area contributed by atoms with Crippen LogP contribution in [-0.2, 0) is 0 Å². The normalized spacial score (nSPS) is 14.6. The SMILES string of the molecule is CCCCCCCC(P)C(CCCCCC)C(CC)CC. The van der Waals surface area contributed by atoms with Crippen molar-refractivity contribution in [3.63, 3.8) is 0 Å². The summed E-state index contributed by atoms with van der Waals surface area (Å²) in [6, 6.07) is 0. The van der Waals surface area contributed by atoms with E-state index in [-0.39, 0.29) is 0 Å². The molecule has 0 heterocycles. The van der Waals surface area contributed by atoms with Crippen molar-refractivity contribution in [3.05, 3.63) is 0 Å². The maximum Gasteiger partial charge on any atom is -0.0233 e. The lowest BCUT2D eigenvalue weighted by molar-refractivity contribution is 0.270. The van der Waals surface area contributed by atoms with Gasteiger partial charge < -0.3 is 0 Å². The van der Waals surface area contributed by atoms with Crippen LogP contribution < -0.4 is 0 Å². The van der Waals surface area contributed by atoms with Crippen molar-refractivity contribution in [1.29, 1.82) is 0 Å². The second kappa shape index (κ2) is 15.3. The highest BCUT2D eigenvalue weighted by atomic mass is 31.0. The molecule has 0 aliphatic heterocycles. The van der Waals surface area contributed by atoms with Crippen molar-refractivity contribution in [2.45, 2.75) is 117 Å². The summed E-state index contributed by atoms with van der Waals surface area (Å²) in [6.07, 6.45) is 18.4. The molecule has 0 nitrogen and oxygen atoms in total. The van der Waals surface area contributed by atoms with Crippen molar-refractivity contribution in [3.8, 4) is 0 Å². The van der Waals surface area contributed by atoms with Gasteiger partial charge in [-0.3, -0.25) is 0 Å². The van der Waals surface area contributed by atoms with E-state index in [2.05, 4.69) is 36.9 Å². The average Bonchev–Trinajstić information content (AvgIpc) is 2.50. The molecule has 0 bridgehead atoms. The Morgan fingerprint density at radius 2 is 1.10 bits per heavy atom. The summed E-state index contributed by atoms with van der Waals surface area (Å²) in [6.45, 7) is 9.41. The second-order valence-corrected chi connectivity index (χ2v) is 7.81. The molecule has 21 heavy (non-hydrogen) atoms. The first-order valence-electron chi connectivity index (χ1n) is 9.96. The smallest absolute Gasteiger partial charge is 0.0233 e. The molecule has 0 aromatic rings. The molecule has 0 fully saturated rings. The van der Waals surface area contributed by atoms with Gasteiger partial charge in [-0.25, -0.2) is 0 Å². The molecule has 0 radical (unpaired) electrons. The first kappa shape index (κ1) is 21.4. The Bertz CT molecular complexity index is 198. The van der Waals surface area contributed by atoms with E-state index in [9.17, 15) is 0 Å². The van der Waals surface area contributed by atoms with E-state index in [0.717, 1.165) is 17.5 Å². The van der Waals surface area contributed by atoms with Crippen LogP contribution in [0.25, 0.3) is 0 Å². The van der Waals surface area contributed by atoms with Crippen molar-refractivity contribution in [2.75, 3.05) is 0 Å². The molecule has 1 heteroatoms. The Balaban J connectivity index is 4.15. The van der Waals surface area contributed by atoms with Crippen LogP contribution in [0.5, 0.6) is 0 Å². The number of hydrogen-bond acceptors (Lipinski definition) is 0. The Kier molecular flexibility index (Phi) is 15.6. The maximum atomic E-state index is 3.22. The quantitative estimate of drug-likeness (QED) is 0.215. The third-order valence-corrected chi connectivity index (χ3v) is 6.06. The van der Waals surface area contributed by atoms with E-state index in [1.54, 1.807) is 0 Å². The molecule has 3 atom stereocenters. The summed E-state index contributed by atoms with van der Waals surface area (Å²) in [7, 11) is 3.22. The molecule has 0 rings (SSSR count). The Morgan fingerprint density at radius 3 is 1.62 bits per heavy atom. The van der Waals surface area contributed by atoms with Gasteiger partial charge in [0.2, 0.25) is 0 Å². The van der Waals surface area contributed by atoms with Crippen LogP contribution in [0.1, 0.15) is 111 Å². The van der Waals surface area contributed by atoms with Crippen molar-refractivity contribution in [1.82, 2.24) is 0 Å². The molecule has 0 aromatic carbocycles. The predicted molar refractivity (Wildman–Crippen MR) is 103 cm³/mol. The molecule has 0 spiro atoms. The molecule has 0 aromatic heterocycles. The molecule has 0 N–H and O–H groups in total. The van der Waals surface area contributed by atoms with Gasteiger partial charge in [-0.1, -0.05) is 98.3 Å². The van der Waals surface area contributed by atoms with Gasteiger partial charge >= 0.3 is 0 Å². The van der Waals surface area contributed by atoms with Crippen LogP contribution in [0, 0.1) is 11.8 Å². The lowest BCUT2D eigenvalue weighted by atomic mass is 9.80. The molecule has 0 amide bonds. The van der Waals surface area contributed by atoms with Crippen molar-refractivity contribution >= 4 is 9.24 Å². The highest BCUT2D eigenvalue weighted by Crippen LogP contribution is 2.34. The number of rotatable bonds is 15. The van der Waals surface area contributed by atoms with Gasteiger partial charge in [-0.15, -0.1) is 9.24 Å². The van der Waals surface area contributed by atoms with Crippen LogP contribution in [0.4, 0.5) is 0 Å². The number of hydrogen-bond donors (Lipinski definition) is 0. The van der Waals surface area contributed by atoms with E-state index < -0.39 is 0 Å². The summed E-state index contributed by atoms with van der Waals surface area (Å²) in [5.74, 6) is 1.90. The molecule has 0 saturated carbocycles.